The third-order valence-electron chi connectivity index (χ3n) is 3.16. The molecule has 1 rings (SSSR count). The van der Waals surface area contributed by atoms with Gasteiger partial charge >= 0.3 is 0 Å². The summed E-state index contributed by atoms with van der Waals surface area (Å²) in [5.74, 6) is 0.830. The molecule has 0 saturated carbocycles. The normalized spacial score (nSPS) is 29.8. The van der Waals surface area contributed by atoms with E-state index in [1.807, 2.05) is 0 Å². The van der Waals surface area contributed by atoms with Gasteiger partial charge in [-0.2, -0.15) is 0 Å². The van der Waals surface area contributed by atoms with Crippen LogP contribution in [0, 0.1) is 11.3 Å². The minimum absolute atomic E-state index is 0.549. The first kappa shape index (κ1) is 8.83. The molecule has 0 spiro atoms. The van der Waals surface area contributed by atoms with Crippen molar-refractivity contribution in [2.75, 3.05) is 0 Å². The van der Waals surface area contributed by atoms with Gasteiger partial charge in [0.1, 0.15) is 0 Å². The predicted molar refractivity (Wildman–Crippen MR) is 50.6 cm³/mol. The molecule has 0 amide bonds. The molecular formula is C11H20. The Balaban J connectivity index is 2.80. The van der Waals surface area contributed by atoms with Crippen LogP contribution in [-0.4, -0.2) is 0 Å². The zero-order chi connectivity index (χ0) is 8.48. The number of hydrogen-bond acceptors (Lipinski definition) is 0. The molecule has 1 aliphatic rings. The maximum absolute atomic E-state index is 2.42. The van der Waals surface area contributed by atoms with Crippen LogP contribution in [0.2, 0.25) is 0 Å². The van der Waals surface area contributed by atoms with Crippen LogP contribution in [0.25, 0.3) is 0 Å². The van der Waals surface area contributed by atoms with Crippen LogP contribution in [0.1, 0.15) is 47.0 Å². The lowest BCUT2D eigenvalue weighted by atomic mass is 9.68. The molecule has 0 fully saturated rings. The van der Waals surface area contributed by atoms with E-state index >= 15 is 0 Å². The first-order valence-electron chi connectivity index (χ1n) is 4.74. The van der Waals surface area contributed by atoms with E-state index in [1.54, 1.807) is 5.57 Å². The van der Waals surface area contributed by atoms with E-state index in [-0.39, 0.29) is 0 Å². The number of allylic oxidation sites excluding steroid dienone is 2. The summed E-state index contributed by atoms with van der Waals surface area (Å²) in [5, 5.41) is 0. The molecular weight excluding hydrogens is 132 g/mol. The molecule has 0 aromatic carbocycles. The average Bonchev–Trinajstić information content (AvgIpc) is 1.86. The third kappa shape index (κ3) is 1.66. The quantitative estimate of drug-likeness (QED) is 0.502. The first-order chi connectivity index (χ1) is 5.08. The topological polar surface area (TPSA) is 0 Å². The Bertz CT molecular complexity index is 163. The van der Waals surface area contributed by atoms with Crippen molar-refractivity contribution in [2.45, 2.75) is 47.0 Å². The number of hydrogen-bond donors (Lipinski definition) is 0. The van der Waals surface area contributed by atoms with E-state index in [1.165, 1.54) is 19.3 Å². The molecule has 0 radical (unpaired) electrons. The Morgan fingerprint density at radius 3 is 2.55 bits per heavy atom. The SMILES string of the molecule is CCC1C(C)=CCCC1(C)C. The minimum Gasteiger partial charge on any atom is -0.0853 e. The second-order valence-corrected chi connectivity index (χ2v) is 4.44. The van der Waals surface area contributed by atoms with Crippen LogP contribution < -0.4 is 0 Å². The summed E-state index contributed by atoms with van der Waals surface area (Å²) in [6, 6.07) is 0. The van der Waals surface area contributed by atoms with Gasteiger partial charge in [0.25, 0.3) is 0 Å². The van der Waals surface area contributed by atoms with Crippen molar-refractivity contribution in [3.8, 4) is 0 Å². The highest BCUT2D eigenvalue weighted by molar-refractivity contribution is 5.11. The molecule has 0 heterocycles. The van der Waals surface area contributed by atoms with Crippen molar-refractivity contribution in [1.82, 2.24) is 0 Å². The molecule has 0 aromatic rings. The van der Waals surface area contributed by atoms with Gasteiger partial charge in [0.2, 0.25) is 0 Å². The Morgan fingerprint density at radius 1 is 1.55 bits per heavy atom. The van der Waals surface area contributed by atoms with Gasteiger partial charge in [-0.3, -0.25) is 0 Å². The van der Waals surface area contributed by atoms with Crippen molar-refractivity contribution in [1.29, 1.82) is 0 Å². The van der Waals surface area contributed by atoms with Gasteiger partial charge < -0.3 is 0 Å². The number of rotatable bonds is 1. The Labute approximate surface area is 70.7 Å². The monoisotopic (exact) mass is 152 g/mol. The zero-order valence-electron chi connectivity index (χ0n) is 8.28. The van der Waals surface area contributed by atoms with Crippen LogP contribution in [0.15, 0.2) is 11.6 Å². The predicted octanol–water partition coefficient (Wildman–Crippen LogP) is 3.78. The highest BCUT2D eigenvalue weighted by atomic mass is 14.4. The van der Waals surface area contributed by atoms with E-state index < -0.39 is 0 Å². The summed E-state index contributed by atoms with van der Waals surface area (Å²) in [6.45, 7) is 9.39. The van der Waals surface area contributed by atoms with Crippen molar-refractivity contribution in [3.63, 3.8) is 0 Å². The lowest BCUT2D eigenvalue weighted by molar-refractivity contribution is 0.209. The third-order valence-corrected chi connectivity index (χ3v) is 3.16. The van der Waals surface area contributed by atoms with Crippen LogP contribution in [0.5, 0.6) is 0 Å². The summed E-state index contributed by atoms with van der Waals surface area (Å²) in [7, 11) is 0. The van der Waals surface area contributed by atoms with Gasteiger partial charge in [0.05, 0.1) is 0 Å². The standard InChI is InChI=1S/C11H20/c1-5-10-9(2)7-6-8-11(10,3)4/h7,10H,5-6,8H2,1-4H3. The second-order valence-electron chi connectivity index (χ2n) is 4.44. The van der Waals surface area contributed by atoms with Gasteiger partial charge in [0.15, 0.2) is 0 Å². The molecule has 0 nitrogen and oxygen atoms in total. The highest BCUT2D eigenvalue weighted by Gasteiger charge is 2.30. The lowest BCUT2D eigenvalue weighted by Gasteiger charge is -2.37. The molecule has 1 atom stereocenters. The summed E-state index contributed by atoms with van der Waals surface area (Å²) < 4.78 is 0. The van der Waals surface area contributed by atoms with Crippen LogP contribution in [0.4, 0.5) is 0 Å². The molecule has 1 unspecified atom stereocenters. The second kappa shape index (κ2) is 3.00. The van der Waals surface area contributed by atoms with Crippen molar-refractivity contribution in [3.05, 3.63) is 11.6 Å². The summed E-state index contributed by atoms with van der Waals surface area (Å²) >= 11 is 0. The molecule has 0 bridgehead atoms. The fraction of sp³-hybridized carbons (Fsp3) is 0.818. The summed E-state index contributed by atoms with van der Waals surface area (Å²) in [5.41, 5.74) is 2.16. The van der Waals surface area contributed by atoms with Crippen molar-refractivity contribution < 1.29 is 0 Å². The van der Waals surface area contributed by atoms with Gasteiger partial charge in [-0.1, -0.05) is 32.4 Å². The highest BCUT2D eigenvalue weighted by Crippen LogP contribution is 2.42. The molecule has 0 heteroatoms. The molecule has 11 heavy (non-hydrogen) atoms. The van der Waals surface area contributed by atoms with Crippen LogP contribution >= 0.6 is 0 Å². The van der Waals surface area contributed by atoms with Gasteiger partial charge in [-0.05, 0) is 37.5 Å². The van der Waals surface area contributed by atoms with Crippen LogP contribution in [-0.2, 0) is 0 Å². The maximum atomic E-state index is 2.42. The largest absolute Gasteiger partial charge is 0.0853 e. The summed E-state index contributed by atoms with van der Waals surface area (Å²) in [4.78, 5) is 0. The molecule has 0 saturated heterocycles. The molecule has 0 aromatic heterocycles. The molecule has 0 aliphatic heterocycles. The van der Waals surface area contributed by atoms with Crippen molar-refractivity contribution in [2.24, 2.45) is 11.3 Å². The van der Waals surface area contributed by atoms with Gasteiger partial charge in [-0.15, -0.1) is 0 Å². The smallest absolute Gasteiger partial charge is 0.0157 e. The fourth-order valence-electron chi connectivity index (χ4n) is 2.48. The average molecular weight is 152 g/mol. The molecule has 0 N–H and O–H groups in total. The first-order valence-corrected chi connectivity index (χ1v) is 4.74. The van der Waals surface area contributed by atoms with E-state index in [0.717, 1.165) is 5.92 Å². The van der Waals surface area contributed by atoms with E-state index in [4.69, 9.17) is 0 Å². The Kier molecular flexibility index (Phi) is 2.41. The molecule has 64 valence electrons. The minimum atomic E-state index is 0.549. The maximum Gasteiger partial charge on any atom is -0.0157 e. The van der Waals surface area contributed by atoms with Gasteiger partial charge in [0, 0.05) is 0 Å². The lowest BCUT2D eigenvalue weighted by Crippen LogP contribution is -2.27. The summed E-state index contributed by atoms with van der Waals surface area (Å²) in [6.07, 6.45) is 6.37. The Hall–Kier alpha value is -0.260. The van der Waals surface area contributed by atoms with E-state index in [0.29, 0.717) is 5.41 Å². The fourth-order valence-corrected chi connectivity index (χ4v) is 2.48. The van der Waals surface area contributed by atoms with E-state index in [9.17, 15) is 0 Å². The molecule has 1 aliphatic carbocycles. The van der Waals surface area contributed by atoms with Crippen molar-refractivity contribution >= 4 is 0 Å². The van der Waals surface area contributed by atoms with Gasteiger partial charge in [-0.25, -0.2) is 0 Å². The zero-order valence-corrected chi connectivity index (χ0v) is 8.28. The van der Waals surface area contributed by atoms with Crippen LogP contribution in [0.3, 0.4) is 0 Å². The Morgan fingerprint density at radius 2 is 2.18 bits per heavy atom. The van der Waals surface area contributed by atoms with E-state index in [2.05, 4.69) is 33.8 Å².